The summed E-state index contributed by atoms with van der Waals surface area (Å²) in [5.74, 6) is 0. The zero-order valence-corrected chi connectivity index (χ0v) is 6.82. The van der Waals surface area contributed by atoms with E-state index in [0.717, 1.165) is 6.08 Å². The standard InChI is InChI=1S/C4H4F3IN2/c5-4(6,7)3(8)1-2-9-10-3/h1-2,9-10H. The fourth-order valence-electron chi connectivity index (χ4n) is 0.510. The predicted molar refractivity (Wildman–Crippen MR) is 38.2 cm³/mol. The van der Waals surface area contributed by atoms with Crippen molar-refractivity contribution in [1.29, 1.82) is 0 Å². The lowest BCUT2D eigenvalue weighted by Gasteiger charge is -2.22. The third-order valence-electron chi connectivity index (χ3n) is 1.06. The molecule has 2 N–H and O–H groups in total. The summed E-state index contributed by atoms with van der Waals surface area (Å²) in [5, 5.41) is 0. The van der Waals surface area contributed by atoms with Gasteiger partial charge in [-0.1, -0.05) is 0 Å². The second-order valence-electron chi connectivity index (χ2n) is 1.81. The highest BCUT2D eigenvalue weighted by molar-refractivity contribution is 14.1. The van der Waals surface area contributed by atoms with Crippen LogP contribution in [0.3, 0.4) is 0 Å². The summed E-state index contributed by atoms with van der Waals surface area (Å²) >= 11 is 1.29. The second-order valence-corrected chi connectivity index (χ2v) is 3.51. The molecule has 0 spiro atoms. The number of halogens is 4. The topological polar surface area (TPSA) is 24.1 Å². The third kappa shape index (κ3) is 1.22. The molecule has 1 unspecified atom stereocenters. The molecule has 1 atom stereocenters. The van der Waals surface area contributed by atoms with Crippen molar-refractivity contribution in [3.63, 3.8) is 0 Å². The highest BCUT2D eigenvalue weighted by Crippen LogP contribution is 2.37. The van der Waals surface area contributed by atoms with E-state index in [1.807, 2.05) is 0 Å². The van der Waals surface area contributed by atoms with Crippen LogP contribution in [0.2, 0.25) is 0 Å². The molecule has 0 aromatic rings. The summed E-state index contributed by atoms with van der Waals surface area (Å²) in [6.07, 6.45) is -2.01. The molecule has 1 aliphatic heterocycles. The Morgan fingerprint density at radius 2 is 2.00 bits per heavy atom. The first-order chi connectivity index (χ1) is 4.46. The van der Waals surface area contributed by atoms with Crippen LogP contribution in [-0.2, 0) is 0 Å². The number of hydrogen-bond acceptors (Lipinski definition) is 2. The van der Waals surface area contributed by atoms with Crippen LogP contribution in [-0.4, -0.2) is 9.72 Å². The molecule has 0 bridgehead atoms. The summed E-state index contributed by atoms with van der Waals surface area (Å²) in [4.78, 5) is 0. The molecule has 0 saturated carbocycles. The van der Waals surface area contributed by atoms with E-state index in [0.29, 0.717) is 0 Å². The Bertz CT molecular complexity index is 166. The van der Waals surface area contributed by atoms with E-state index in [1.165, 1.54) is 28.8 Å². The Labute approximate surface area is 69.0 Å². The molecule has 58 valence electrons. The Balaban J connectivity index is 2.78. The lowest BCUT2D eigenvalue weighted by molar-refractivity contribution is -0.149. The van der Waals surface area contributed by atoms with E-state index in [2.05, 4.69) is 10.9 Å². The van der Waals surface area contributed by atoms with Crippen LogP contribution in [0.25, 0.3) is 0 Å². The zero-order valence-electron chi connectivity index (χ0n) is 4.67. The van der Waals surface area contributed by atoms with Gasteiger partial charge in [0.15, 0.2) is 0 Å². The second kappa shape index (κ2) is 2.26. The van der Waals surface area contributed by atoms with Crippen molar-refractivity contribution in [2.24, 2.45) is 0 Å². The van der Waals surface area contributed by atoms with E-state index in [4.69, 9.17) is 0 Å². The smallest absolute Gasteiger partial charge is 0.327 e. The summed E-state index contributed by atoms with van der Waals surface area (Å²) in [6, 6.07) is 0. The highest BCUT2D eigenvalue weighted by atomic mass is 127. The average Bonchev–Trinajstić information content (AvgIpc) is 2.13. The predicted octanol–water partition coefficient (Wildman–Crippen LogP) is 1.30. The first-order valence-electron chi connectivity index (χ1n) is 2.42. The summed E-state index contributed by atoms with van der Waals surface area (Å²) in [7, 11) is 0. The molecular formula is C4H4F3IN2. The number of nitrogens with one attached hydrogen (secondary N) is 2. The molecule has 0 aromatic carbocycles. The van der Waals surface area contributed by atoms with Crippen LogP contribution in [0, 0.1) is 0 Å². The Hall–Kier alpha value is 0.0200. The Morgan fingerprint density at radius 3 is 2.20 bits per heavy atom. The Morgan fingerprint density at radius 1 is 1.40 bits per heavy atom. The van der Waals surface area contributed by atoms with E-state index < -0.39 is 9.72 Å². The number of hydrazine groups is 1. The van der Waals surface area contributed by atoms with Gasteiger partial charge in [0.05, 0.1) is 0 Å². The van der Waals surface area contributed by atoms with E-state index in [9.17, 15) is 13.2 Å². The molecule has 0 fully saturated rings. The van der Waals surface area contributed by atoms with E-state index in [-0.39, 0.29) is 0 Å². The van der Waals surface area contributed by atoms with Crippen LogP contribution in [0.4, 0.5) is 13.2 Å². The maximum Gasteiger partial charge on any atom is 0.421 e. The van der Waals surface area contributed by atoms with Gasteiger partial charge in [-0.3, -0.25) is 0 Å². The van der Waals surface area contributed by atoms with Gasteiger partial charge in [0.1, 0.15) is 0 Å². The molecule has 6 heteroatoms. The van der Waals surface area contributed by atoms with Crippen LogP contribution >= 0.6 is 22.6 Å². The highest BCUT2D eigenvalue weighted by Gasteiger charge is 2.52. The van der Waals surface area contributed by atoms with Crippen molar-refractivity contribution in [2.45, 2.75) is 9.72 Å². The van der Waals surface area contributed by atoms with Gasteiger partial charge in [-0.05, 0) is 28.7 Å². The van der Waals surface area contributed by atoms with Crippen molar-refractivity contribution in [3.8, 4) is 0 Å². The van der Waals surface area contributed by atoms with Crippen LogP contribution in [0.5, 0.6) is 0 Å². The zero-order chi connectivity index (χ0) is 7.83. The van der Waals surface area contributed by atoms with E-state index in [1.54, 1.807) is 0 Å². The number of alkyl halides is 4. The van der Waals surface area contributed by atoms with Gasteiger partial charge < -0.3 is 5.43 Å². The number of hydrogen-bond donors (Lipinski definition) is 2. The molecule has 2 nitrogen and oxygen atoms in total. The normalized spacial score (nSPS) is 32.4. The number of rotatable bonds is 0. The van der Waals surface area contributed by atoms with Crippen molar-refractivity contribution in [1.82, 2.24) is 10.9 Å². The maximum absolute atomic E-state index is 12.0. The molecular weight excluding hydrogens is 260 g/mol. The molecule has 0 aliphatic carbocycles. The third-order valence-corrected chi connectivity index (χ3v) is 2.30. The molecule has 1 aliphatic rings. The first kappa shape index (κ1) is 8.12. The van der Waals surface area contributed by atoms with Crippen LogP contribution in [0.15, 0.2) is 12.3 Å². The van der Waals surface area contributed by atoms with E-state index >= 15 is 0 Å². The average molecular weight is 264 g/mol. The fourth-order valence-corrected chi connectivity index (χ4v) is 0.846. The molecule has 0 saturated heterocycles. The van der Waals surface area contributed by atoms with Gasteiger partial charge in [0.25, 0.3) is 0 Å². The van der Waals surface area contributed by atoms with Gasteiger partial charge >= 0.3 is 6.18 Å². The summed E-state index contributed by atoms with van der Waals surface area (Å²) in [5.41, 5.74) is 4.33. The first-order valence-corrected chi connectivity index (χ1v) is 3.50. The largest absolute Gasteiger partial charge is 0.421 e. The summed E-state index contributed by atoms with van der Waals surface area (Å²) < 4.78 is 34.0. The van der Waals surface area contributed by atoms with Crippen molar-refractivity contribution in [2.75, 3.05) is 0 Å². The van der Waals surface area contributed by atoms with Crippen molar-refractivity contribution < 1.29 is 13.2 Å². The van der Waals surface area contributed by atoms with Crippen LogP contribution in [0.1, 0.15) is 0 Å². The minimum Gasteiger partial charge on any atom is -0.327 e. The van der Waals surface area contributed by atoms with Crippen molar-refractivity contribution in [3.05, 3.63) is 12.3 Å². The van der Waals surface area contributed by atoms with Gasteiger partial charge in [-0.2, -0.15) is 13.2 Å². The van der Waals surface area contributed by atoms with Gasteiger partial charge in [-0.15, -0.1) is 0 Å². The SMILES string of the molecule is FC(F)(F)C1(I)C=CNN1. The minimum atomic E-state index is -4.26. The molecule has 0 aromatic heterocycles. The molecule has 1 rings (SSSR count). The molecule has 1 heterocycles. The monoisotopic (exact) mass is 264 g/mol. The lowest BCUT2D eigenvalue weighted by Crippen LogP contribution is -2.50. The molecule has 0 radical (unpaired) electrons. The quantitative estimate of drug-likeness (QED) is 0.391. The van der Waals surface area contributed by atoms with Gasteiger partial charge in [-0.25, -0.2) is 5.43 Å². The van der Waals surface area contributed by atoms with Crippen LogP contribution < -0.4 is 10.9 Å². The lowest BCUT2D eigenvalue weighted by atomic mass is 10.3. The maximum atomic E-state index is 12.0. The fraction of sp³-hybridized carbons (Fsp3) is 0.500. The molecule has 10 heavy (non-hydrogen) atoms. The minimum absolute atomic E-state index is 1.02. The summed E-state index contributed by atoms with van der Waals surface area (Å²) in [6.45, 7) is 0. The Kier molecular flexibility index (Phi) is 1.84. The van der Waals surface area contributed by atoms with Gasteiger partial charge in [0, 0.05) is 6.20 Å². The van der Waals surface area contributed by atoms with Crippen molar-refractivity contribution >= 4 is 22.6 Å². The van der Waals surface area contributed by atoms with Gasteiger partial charge in [0.2, 0.25) is 3.55 Å². The molecule has 0 amide bonds.